The number of ether oxygens (including phenoxy) is 3. The number of anilines is 1. The van der Waals surface area contributed by atoms with Gasteiger partial charge in [-0.2, -0.15) is 0 Å². The Balaban J connectivity index is 2.31. The molecular formula is C19H22N2O6S. The van der Waals surface area contributed by atoms with Gasteiger partial charge in [0.1, 0.15) is 0 Å². The van der Waals surface area contributed by atoms with E-state index in [2.05, 4.69) is 16.6 Å². The summed E-state index contributed by atoms with van der Waals surface area (Å²) in [6.07, 6.45) is 1.43. The maximum atomic E-state index is 12.6. The summed E-state index contributed by atoms with van der Waals surface area (Å²) in [5, 5.41) is 2.69. The Morgan fingerprint density at radius 3 is 2.25 bits per heavy atom. The zero-order chi connectivity index (χ0) is 20.7. The third-order valence-electron chi connectivity index (χ3n) is 3.75. The molecule has 0 aliphatic heterocycles. The maximum absolute atomic E-state index is 12.6. The first-order chi connectivity index (χ1) is 13.4. The first-order valence-electron chi connectivity index (χ1n) is 8.18. The summed E-state index contributed by atoms with van der Waals surface area (Å²) < 4.78 is 42.6. The lowest BCUT2D eigenvalue weighted by molar-refractivity contribution is 0.102. The first-order valence-corrected chi connectivity index (χ1v) is 9.66. The summed E-state index contributed by atoms with van der Waals surface area (Å²) in [5.41, 5.74) is 0.577. The van der Waals surface area contributed by atoms with E-state index in [9.17, 15) is 13.2 Å². The Morgan fingerprint density at radius 2 is 1.71 bits per heavy atom. The van der Waals surface area contributed by atoms with Crippen LogP contribution in [0.1, 0.15) is 10.4 Å². The molecule has 0 spiro atoms. The van der Waals surface area contributed by atoms with Gasteiger partial charge in [-0.15, -0.1) is 6.58 Å². The van der Waals surface area contributed by atoms with E-state index >= 15 is 0 Å². The van der Waals surface area contributed by atoms with Crippen LogP contribution in [0.2, 0.25) is 0 Å². The Bertz CT molecular complexity index is 947. The van der Waals surface area contributed by atoms with Gasteiger partial charge in [-0.1, -0.05) is 12.1 Å². The van der Waals surface area contributed by atoms with E-state index < -0.39 is 15.9 Å². The fraction of sp³-hybridized carbons (Fsp3) is 0.211. The predicted molar refractivity (Wildman–Crippen MR) is 106 cm³/mol. The topological polar surface area (TPSA) is 103 Å². The van der Waals surface area contributed by atoms with Crippen LogP contribution in [0.4, 0.5) is 5.69 Å². The highest BCUT2D eigenvalue weighted by atomic mass is 32.2. The molecule has 0 aliphatic rings. The van der Waals surface area contributed by atoms with Crippen molar-refractivity contribution in [3.8, 4) is 17.2 Å². The van der Waals surface area contributed by atoms with Gasteiger partial charge in [0.15, 0.2) is 11.5 Å². The molecule has 0 heterocycles. The largest absolute Gasteiger partial charge is 0.493 e. The third-order valence-corrected chi connectivity index (χ3v) is 5.17. The van der Waals surface area contributed by atoms with Gasteiger partial charge in [0, 0.05) is 29.9 Å². The zero-order valence-corrected chi connectivity index (χ0v) is 16.6. The molecule has 0 aliphatic carbocycles. The predicted octanol–water partition coefficient (Wildman–Crippen LogP) is 2.43. The van der Waals surface area contributed by atoms with E-state index in [1.807, 2.05) is 0 Å². The molecule has 2 aromatic carbocycles. The standard InChI is InChI=1S/C19H22N2O6S/c1-5-9-20-28(23,24)15-8-6-7-13(10-15)19(22)21-14-11-16(25-2)18(27-4)17(12-14)26-3/h5-8,10-12,20H,1,9H2,2-4H3,(H,21,22). The number of carbonyl (C=O) groups is 1. The quantitative estimate of drug-likeness (QED) is 0.620. The molecule has 0 bridgehead atoms. The van der Waals surface area contributed by atoms with Gasteiger partial charge in [-0.25, -0.2) is 13.1 Å². The van der Waals surface area contributed by atoms with Gasteiger partial charge in [0.2, 0.25) is 15.8 Å². The van der Waals surface area contributed by atoms with Crippen LogP contribution in [0.5, 0.6) is 17.2 Å². The molecule has 0 fully saturated rings. The van der Waals surface area contributed by atoms with E-state index in [0.717, 1.165) is 0 Å². The molecule has 8 nitrogen and oxygen atoms in total. The number of hydrogen-bond donors (Lipinski definition) is 2. The van der Waals surface area contributed by atoms with Crippen molar-refractivity contribution in [3.05, 3.63) is 54.6 Å². The van der Waals surface area contributed by atoms with Gasteiger partial charge < -0.3 is 19.5 Å². The Morgan fingerprint density at radius 1 is 1.07 bits per heavy atom. The van der Waals surface area contributed by atoms with Crippen LogP contribution in [0.15, 0.2) is 53.9 Å². The molecule has 0 aromatic heterocycles. The van der Waals surface area contributed by atoms with Crippen molar-refractivity contribution < 1.29 is 27.4 Å². The Labute approximate surface area is 164 Å². The molecule has 150 valence electrons. The van der Waals surface area contributed by atoms with Crippen LogP contribution in [0.3, 0.4) is 0 Å². The number of methoxy groups -OCH3 is 3. The van der Waals surface area contributed by atoms with Gasteiger partial charge >= 0.3 is 0 Å². The minimum Gasteiger partial charge on any atom is -0.493 e. The molecule has 2 rings (SSSR count). The van der Waals surface area contributed by atoms with Crippen molar-refractivity contribution in [2.24, 2.45) is 0 Å². The van der Waals surface area contributed by atoms with Crippen molar-refractivity contribution in [1.82, 2.24) is 4.72 Å². The SMILES string of the molecule is C=CCNS(=O)(=O)c1cccc(C(=O)Nc2cc(OC)c(OC)c(OC)c2)c1. The Hall–Kier alpha value is -3.04. The number of sulfonamides is 1. The maximum Gasteiger partial charge on any atom is 0.255 e. The van der Waals surface area contributed by atoms with Crippen LogP contribution < -0.4 is 24.2 Å². The molecule has 0 atom stereocenters. The lowest BCUT2D eigenvalue weighted by Crippen LogP contribution is -2.24. The third kappa shape index (κ3) is 4.81. The van der Waals surface area contributed by atoms with Gasteiger partial charge in [0.25, 0.3) is 5.91 Å². The molecule has 2 aromatic rings. The lowest BCUT2D eigenvalue weighted by Gasteiger charge is -2.15. The van der Waals surface area contributed by atoms with Crippen LogP contribution in [-0.4, -0.2) is 42.2 Å². The minimum absolute atomic E-state index is 0.0214. The van der Waals surface area contributed by atoms with Crippen LogP contribution in [-0.2, 0) is 10.0 Å². The summed E-state index contributed by atoms with van der Waals surface area (Å²) in [6, 6.07) is 8.85. The molecule has 2 N–H and O–H groups in total. The highest BCUT2D eigenvalue weighted by Gasteiger charge is 2.17. The molecular weight excluding hydrogens is 384 g/mol. The molecule has 0 radical (unpaired) electrons. The second-order valence-electron chi connectivity index (χ2n) is 5.54. The van der Waals surface area contributed by atoms with Crippen LogP contribution in [0.25, 0.3) is 0 Å². The first kappa shape index (κ1) is 21.3. The molecule has 9 heteroatoms. The summed E-state index contributed by atoms with van der Waals surface area (Å²) in [6.45, 7) is 3.56. The van der Waals surface area contributed by atoms with Gasteiger partial charge in [-0.3, -0.25) is 4.79 Å². The average Bonchev–Trinajstić information content (AvgIpc) is 2.71. The summed E-state index contributed by atoms with van der Waals surface area (Å²) in [5.74, 6) is 0.656. The normalized spacial score (nSPS) is 10.8. The number of hydrogen-bond acceptors (Lipinski definition) is 6. The van der Waals surface area contributed by atoms with Crippen molar-refractivity contribution in [3.63, 3.8) is 0 Å². The second-order valence-corrected chi connectivity index (χ2v) is 7.30. The highest BCUT2D eigenvalue weighted by Crippen LogP contribution is 2.40. The molecule has 0 saturated carbocycles. The lowest BCUT2D eigenvalue weighted by atomic mass is 10.2. The molecule has 28 heavy (non-hydrogen) atoms. The number of nitrogens with one attached hydrogen (secondary N) is 2. The average molecular weight is 406 g/mol. The van der Waals surface area contributed by atoms with Crippen LogP contribution >= 0.6 is 0 Å². The van der Waals surface area contributed by atoms with Crippen molar-refractivity contribution in [2.75, 3.05) is 33.2 Å². The van der Waals surface area contributed by atoms with E-state index in [0.29, 0.717) is 22.9 Å². The van der Waals surface area contributed by atoms with E-state index in [-0.39, 0.29) is 17.0 Å². The van der Waals surface area contributed by atoms with Crippen molar-refractivity contribution in [1.29, 1.82) is 0 Å². The molecule has 0 saturated heterocycles. The fourth-order valence-electron chi connectivity index (χ4n) is 2.41. The van der Waals surface area contributed by atoms with E-state index in [4.69, 9.17) is 14.2 Å². The zero-order valence-electron chi connectivity index (χ0n) is 15.8. The summed E-state index contributed by atoms with van der Waals surface area (Å²) >= 11 is 0. The molecule has 1 amide bonds. The van der Waals surface area contributed by atoms with E-state index in [1.165, 1.54) is 51.7 Å². The van der Waals surface area contributed by atoms with Gasteiger partial charge in [-0.05, 0) is 18.2 Å². The smallest absolute Gasteiger partial charge is 0.255 e. The van der Waals surface area contributed by atoms with Crippen LogP contribution in [0, 0.1) is 0 Å². The fourth-order valence-corrected chi connectivity index (χ4v) is 3.46. The van der Waals surface area contributed by atoms with Crippen molar-refractivity contribution in [2.45, 2.75) is 4.90 Å². The number of amides is 1. The number of rotatable bonds is 9. The molecule has 0 unspecified atom stereocenters. The highest BCUT2D eigenvalue weighted by molar-refractivity contribution is 7.89. The number of carbonyl (C=O) groups excluding carboxylic acids is 1. The number of benzene rings is 2. The minimum atomic E-state index is -3.74. The summed E-state index contributed by atoms with van der Waals surface area (Å²) in [4.78, 5) is 12.6. The van der Waals surface area contributed by atoms with E-state index in [1.54, 1.807) is 12.1 Å². The van der Waals surface area contributed by atoms with Crippen molar-refractivity contribution >= 4 is 21.6 Å². The van der Waals surface area contributed by atoms with Gasteiger partial charge in [0.05, 0.1) is 26.2 Å². The Kier molecular flexibility index (Phi) is 7.02. The summed E-state index contributed by atoms with van der Waals surface area (Å²) in [7, 11) is 0.669. The monoisotopic (exact) mass is 406 g/mol. The second kappa shape index (κ2) is 9.25.